The fraction of sp³-hybridized carbons (Fsp3) is 0.545. The zero-order chi connectivity index (χ0) is 11.8. The third-order valence-electron chi connectivity index (χ3n) is 2.86. The quantitative estimate of drug-likeness (QED) is 0.928. The summed E-state index contributed by atoms with van der Waals surface area (Å²) in [6.07, 6.45) is 1.66. The summed E-state index contributed by atoms with van der Waals surface area (Å²) in [5.74, 6) is 0.0968. The summed E-state index contributed by atoms with van der Waals surface area (Å²) in [6.45, 7) is 3.38. The van der Waals surface area contributed by atoms with Gasteiger partial charge in [0.05, 0.1) is 15.9 Å². The van der Waals surface area contributed by atoms with E-state index in [0.717, 1.165) is 16.6 Å². The average Bonchev–Trinajstić information content (AvgIpc) is 2.88. The molecule has 1 heterocycles. The number of nitrogens with zero attached hydrogens (tertiary/aromatic N) is 1. The van der Waals surface area contributed by atoms with E-state index in [1.54, 1.807) is 11.3 Å². The van der Waals surface area contributed by atoms with E-state index in [1.165, 1.54) is 4.88 Å². The molecule has 0 radical (unpaired) electrons. The fourth-order valence-corrected chi connectivity index (χ4v) is 3.11. The van der Waals surface area contributed by atoms with E-state index in [1.807, 2.05) is 24.0 Å². The zero-order valence-electron chi connectivity index (χ0n) is 9.20. The minimum Gasteiger partial charge on any atom is -0.336 e. The molecule has 0 unspecified atom stereocenters. The van der Waals surface area contributed by atoms with Crippen LogP contribution in [0.4, 0.5) is 0 Å². The minimum atomic E-state index is -0.551. The summed E-state index contributed by atoms with van der Waals surface area (Å²) in [5, 5.41) is 0. The van der Waals surface area contributed by atoms with Gasteiger partial charge in [-0.25, -0.2) is 0 Å². The van der Waals surface area contributed by atoms with Gasteiger partial charge in [0.1, 0.15) is 0 Å². The van der Waals surface area contributed by atoms with Gasteiger partial charge in [0.15, 0.2) is 0 Å². The molecule has 0 spiro atoms. The van der Waals surface area contributed by atoms with E-state index >= 15 is 0 Å². The number of amides is 1. The summed E-state index contributed by atoms with van der Waals surface area (Å²) in [5.41, 5.74) is 5.38. The number of carbonyl (C=O) groups is 1. The predicted octanol–water partition coefficient (Wildman–Crippen LogP) is 2.35. The highest BCUT2D eigenvalue weighted by Crippen LogP contribution is 2.35. The van der Waals surface area contributed by atoms with E-state index in [0.29, 0.717) is 13.1 Å². The van der Waals surface area contributed by atoms with Gasteiger partial charge in [-0.1, -0.05) is 0 Å². The van der Waals surface area contributed by atoms with Crippen LogP contribution < -0.4 is 5.73 Å². The van der Waals surface area contributed by atoms with Crippen LogP contribution in [0, 0.1) is 0 Å². The largest absolute Gasteiger partial charge is 0.336 e. The molecule has 0 aromatic carbocycles. The minimum absolute atomic E-state index is 0.0968. The van der Waals surface area contributed by atoms with Gasteiger partial charge in [0, 0.05) is 11.4 Å². The first-order valence-corrected chi connectivity index (χ1v) is 6.98. The van der Waals surface area contributed by atoms with Gasteiger partial charge in [0.2, 0.25) is 5.91 Å². The van der Waals surface area contributed by atoms with Gasteiger partial charge in [-0.2, -0.15) is 0 Å². The molecule has 0 saturated heterocycles. The van der Waals surface area contributed by atoms with Crippen LogP contribution in [0.2, 0.25) is 0 Å². The van der Waals surface area contributed by atoms with E-state index in [2.05, 4.69) is 15.9 Å². The number of thiophene rings is 1. The SMILES string of the molecule is CCN(Cc1ccc(Br)s1)C(=O)C1(N)CC1. The molecule has 1 saturated carbocycles. The Balaban J connectivity index is 2.03. The Morgan fingerprint density at radius 3 is 2.75 bits per heavy atom. The standard InChI is InChI=1S/C11H15BrN2OS/c1-2-14(10(15)11(13)5-6-11)7-8-3-4-9(12)16-8/h3-4H,2,5-7,13H2,1H3. The maximum atomic E-state index is 12.1. The van der Waals surface area contributed by atoms with Crippen molar-refractivity contribution in [2.75, 3.05) is 6.54 Å². The lowest BCUT2D eigenvalue weighted by atomic mass is 10.2. The lowest BCUT2D eigenvalue weighted by molar-refractivity contribution is -0.134. The van der Waals surface area contributed by atoms with Crippen LogP contribution >= 0.6 is 27.3 Å². The zero-order valence-corrected chi connectivity index (χ0v) is 11.6. The molecule has 1 aromatic heterocycles. The topological polar surface area (TPSA) is 46.3 Å². The highest BCUT2D eigenvalue weighted by Gasteiger charge is 2.47. The Hall–Kier alpha value is -0.390. The summed E-state index contributed by atoms with van der Waals surface area (Å²) in [6, 6.07) is 4.05. The summed E-state index contributed by atoms with van der Waals surface area (Å²) < 4.78 is 1.10. The molecule has 1 fully saturated rings. The smallest absolute Gasteiger partial charge is 0.242 e. The van der Waals surface area contributed by atoms with Gasteiger partial charge < -0.3 is 10.6 Å². The number of hydrogen-bond donors (Lipinski definition) is 1. The van der Waals surface area contributed by atoms with Crippen LogP contribution in [0.3, 0.4) is 0 Å². The van der Waals surface area contributed by atoms with Crippen LogP contribution in [0.5, 0.6) is 0 Å². The third-order valence-corrected chi connectivity index (χ3v) is 4.47. The number of carbonyl (C=O) groups excluding carboxylic acids is 1. The monoisotopic (exact) mass is 302 g/mol. The summed E-state index contributed by atoms with van der Waals surface area (Å²) in [7, 11) is 0. The maximum Gasteiger partial charge on any atom is 0.242 e. The lowest BCUT2D eigenvalue weighted by Gasteiger charge is -2.23. The second kappa shape index (κ2) is 4.47. The van der Waals surface area contributed by atoms with Crippen LogP contribution in [0.1, 0.15) is 24.6 Å². The fourth-order valence-electron chi connectivity index (χ4n) is 1.62. The van der Waals surface area contributed by atoms with Crippen LogP contribution in [-0.2, 0) is 11.3 Å². The van der Waals surface area contributed by atoms with Gasteiger partial charge >= 0.3 is 0 Å². The number of halogens is 1. The molecule has 3 nitrogen and oxygen atoms in total. The first kappa shape index (κ1) is 12.1. The molecule has 1 amide bonds. The molecule has 0 atom stereocenters. The van der Waals surface area contributed by atoms with Crippen LogP contribution in [-0.4, -0.2) is 22.9 Å². The number of likely N-dealkylation sites (N-methyl/N-ethyl adjacent to an activating group) is 1. The maximum absolute atomic E-state index is 12.1. The Labute approximate surface area is 108 Å². The van der Waals surface area contributed by atoms with Crippen molar-refractivity contribution in [3.05, 3.63) is 20.8 Å². The lowest BCUT2D eigenvalue weighted by Crippen LogP contribution is -2.45. The van der Waals surface area contributed by atoms with Crippen LogP contribution in [0.25, 0.3) is 0 Å². The van der Waals surface area contributed by atoms with Crippen molar-refractivity contribution in [2.45, 2.75) is 31.8 Å². The highest BCUT2D eigenvalue weighted by atomic mass is 79.9. The summed E-state index contributed by atoms with van der Waals surface area (Å²) in [4.78, 5) is 15.1. The number of hydrogen-bond acceptors (Lipinski definition) is 3. The van der Waals surface area contributed by atoms with Crippen molar-refractivity contribution in [1.82, 2.24) is 4.90 Å². The molecule has 88 valence electrons. The molecule has 1 aromatic rings. The molecule has 1 aliphatic rings. The Bertz CT molecular complexity index is 400. The molecular formula is C11H15BrN2OS. The number of nitrogens with two attached hydrogens (primary N) is 1. The first-order valence-electron chi connectivity index (χ1n) is 5.37. The second-order valence-corrected chi connectivity index (χ2v) is 6.73. The Morgan fingerprint density at radius 2 is 2.31 bits per heavy atom. The Morgan fingerprint density at radius 1 is 1.62 bits per heavy atom. The van der Waals surface area contributed by atoms with Crippen molar-refractivity contribution < 1.29 is 4.79 Å². The van der Waals surface area contributed by atoms with Crippen molar-refractivity contribution in [2.24, 2.45) is 5.73 Å². The van der Waals surface area contributed by atoms with E-state index < -0.39 is 5.54 Å². The molecular weight excluding hydrogens is 288 g/mol. The molecule has 2 N–H and O–H groups in total. The molecule has 5 heteroatoms. The van der Waals surface area contributed by atoms with Gasteiger partial charge in [0.25, 0.3) is 0 Å². The first-order chi connectivity index (χ1) is 7.55. The second-order valence-electron chi connectivity index (χ2n) is 4.18. The highest BCUT2D eigenvalue weighted by molar-refractivity contribution is 9.11. The molecule has 16 heavy (non-hydrogen) atoms. The van der Waals surface area contributed by atoms with Gasteiger partial charge in [-0.05, 0) is 47.8 Å². The third kappa shape index (κ3) is 2.47. The van der Waals surface area contributed by atoms with Crippen molar-refractivity contribution >= 4 is 33.2 Å². The molecule has 0 aliphatic heterocycles. The predicted molar refractivity (Wildman–Crippen MR) is 69.3 cm³/mol. The summed E-state index contributed by atoms with van der Waals surface area (Å²) >= 11 is 5.09. The average molecular weight is 303 g/mol. The Kier molecular flexibility index (Phi) is 3.37. The van der Waals surface area contributed by atoms with E-state index in [4.69, 9.17) is 5.73 Å². The van der Waals surface area contributed by atoms with Gasteiger partial charge in [-0.3, -0.25) is 4.79 Å². The number of rotatable bonds is 4. The van der Waals surface area contributed by atoms with E-state index in [-0.39, 0.29) is 5.91 Å². The normalized spacial score (nSPS) is 17.2. The molecule has 0 bridgehead atoms. The van der Waals surface area contributed by atoms with Crippen molar-refractivity contribution in [3.8, 4) is 0 Å². The molecule has 2 rings (SSSR count). The van der Waals surface area contributed by atoms with Crippen molar-refractivity contribution in [1.29, 1.82) is 0 Å². The van der Waals surface area contributed by atoms with Crippen molar-refractivity contribution in [3.63, 3.8) is 0 Å². The van der Waals surface area contributed by atoms with Crippen LogP contribution in [0.15, 0.2) is 15.9 Å². The van der Waals surface area contributed by atoms with Gasteiger partial charge in [-0.15, -0.1) is 11.3 Å². The molecule has 1 aliphatic carbocycles. The van der Waals surface area contributed by atoms with E-state index in [9.17, 15) is 4.79 Å².